The van der Waals surface area contributed by atoms with Crippen LogP contribution in [0.3, 0.4) is 0 Å². The maximum atomic E-state index is 12.7. The standard InChI is InChI=1S/C21H30N4O2/c1-16-14-17(2)25(22-16)11-5-6-21(26)24-13-12-23(15-18(24)3)19-7-9-20(27-4)10-8-19/h7-10,14,18H,5-6,11-13,15H2,1-4H3/t18-/m1/s1. The molecule has 0 aliphatic carbocycles. The van der Waals surface area contributed by atoms with Gasteiger partial charge in [0.05, 0.1) is 12.8 Å². The number of hydrogen-bond acceptors (Lipinski definition) is 4. The molecule has 0 N–H and O–H groups in total. The maximum absolute atomic E-state index is 12.7. The molecule has 1 fully saturated rings. The summed E-state index contributed by atoms with van der Waals surface area (Å²) in [4.78, 5) is 17.0. The lowest BCUT2D eigenvalue weighted by Gasteiger charge is -2.41. The molecule has 6 nitrogen and oxygen atoms in total. The Kier molecular flexibility index (Phi) is 6.04. The predicted molar refractivity (Wildman–Crippen MR) is 107 cm³/mol. The highest BCUT2D eigenvalue weighted by atomic mass is 16.5. The second-order valence-electron chi connectivity index (χ2n) is 7.33. The number of aryl methyl sites for hydroxylation is 3. The van der Waals surface area contributed by atoms with E-state index in [1.165, 1.54) is 5.69 Å². The third-order valence-corrected chi connectivity index (χ3v) is 5.25. The molecule has 0 spiro atoms. The van der Waals surface area contributed by atoms with Gasteiger partial charge in [-0.05, 0) is 57.5 Å². The summed E-state index contributed by atoms with van der Waals surface area (Å²) in [5.74, 6) is 1.11. The third kappa shape index (κ3) is 4.62. The minimum atomic E-state index is 0.210. The molecular formula is C21H30N4O2. The third-order valence-electron chi connectivity index (χ3n) is 5.25. The smallest absolute Gasteiger partial charge is 0.222 e. The van der Waals surface area contributed by atoms with Crippen molar-refractivity contribution in [3.05, 3.63) is 41.7 Å². The van der Waals surface area contributed by atoms with Gasteiger partial charge < -0.3 is 14.5 Å². The second-order valence-corrected chi connectivity index (χ2v) is 7.33. The Bertz CT molecular complexity index is 769. The summed E-state index contributed by atoms with van der Waals surface area (Å²) in [5, 5.41) is 4.47. The molecular weight excluding hydrogens is 340 g/mol. The highest BCUT2D eigenvalue weighted by molar-refractivity contribution is 5.77. The molecule has 0 bridgehead atoms. The van der Waals surface area contributed by atoms with Gasteiger partial charge >= 0.3 is 0 Å². The number of anilines is 1. The lowest BCUT2D eigenvalue weighted by atomic mass is 10.1. The van der Waals surface area contributed by atoms with Crippen molar-refractivity contribution >= 4 is 11.6 Å². The summed E-state index contributed by atoms with van der Waals surface area (Å²) in [6.45, 7) is 9.47. The number of methoxy groups -OCH3 is 1. The number of piperazine rings is 1. The lowest BCUT2D eigenvalue weighted by molar-refractivity contribution is -0.133. The zero-order valence-electron chi connectivity index (χ0n) is 16.8. The first kappa shape index (κ1) is 19.3. The van der Waals surface area contributed by atoms with Gasteiger partial charge in [-0.25, -0.2) is 0 Å². The number of hydrogen-bond donors (Lipinski definition) is 0. The van der Waals surface area contributed by atoms with Crippen LogP contribution in [0.15, 0.2) is 30.3 Å². The van der Waals surface area contributed by atoms with E-state index in [0.717, 1.165) is 49.7 Å². The molecule has 2 aromatic rings. The molecule has 0 unspecified atom stereocenters. The van der Waals surface area contributed by atoms with Crippen LogP contribution >= 0.6 is 0 Å². The number of carbonyl (C=O) groups is 1. The number of benzene rings is 1. The Morgan fingerprint density at radius 3 is 2.56 bits per heavy atom. The summed E-state index contributed by atoms with van der Waals surface area (Å²) in [5.41, 5.74) is 3.36. The van der Waals surface area contributed by atoms with Crippen LogP contribution in [0, 0.1) is 13.8 Å². The van der Waals surface area contributed by atoms with Crippen LogP contribution in [0.1, 0.15) is 31.2 Å². The average Bonchev–Trinajstić information content (AvgIpc) is 2.98. The van der Waals surface area contributed by atoms with Crippen molar-refractivity contribution in [2.45, 2.75) is 46.2 Å². The van der Waals surface area contributed by atoms with Gasteiger partial charge in [-0.2, -0.15) is 5.10 Å². The van der Waals surface area contributed by atoms with E-state index in [0.29, 0.717) is 6.42 Å². The summed E-state index contributed by atoms with van der Waals surface area (Å²) >= 11 is 0. The molecule has 1 amide bonds. The fourth-order valence-corrected chi connectivity index (χ4v) is 3.78. The fraction of sp³-hybridized carbons (Fsp3) is 0.524. The Balaban J connectivity index is 1.49. The molecule has 1 aliphatic rings. The molecule has 3 rings (SSSR count). The van der Waals surface area contributed by atoms with Crippen LogP contribution in [0.25, 0.3) is 0 Å². The van der Waals surface area contributed by atoms with E-state index in [9.17, 15) is 4.79 Å². The van der Waals surface area contributed by atoms with E-state index in [4.69, 9.17) is 4.74 Å². The number of amides is 1. The van der Waals surface area contributed by atoms with Crippen LogP contribution in [0.5, 0.6) is 5.75 Å². The highest BCUT2D eigenvalue weighted by Crippen LogP contribution is 2.22. The molecule has 2 heterocycles. The first-order valence-electron chi connectivity index (χ1n) is 9.67. The zero-order valence-corrected chi connectivity index (χ0v) is 16.8. The van der Waals surface area contributed by atoms with Crippen LogP contribution in [-0.2, 0) is 11.3 Å². The maximum Gasteiger partial charge on any atom is 0.222 e. The van der Waals surface area contributed by atoms with Crippen LogP contribution in [-0.4, -0.2) is 53.4 Å². The minimum absolute atomic E-state index is 0.210. The summed E-state index contributed by atoms with van der Waals surface area (Å²) < 4.78 is 7.22. The minimum Gasteiger partial charge on any atom is -0.497 e. The van der Waals surface area contributed by atoms with Gasteiger partial charge in [0.2, 0.25) is 5.91 Å². The van der Waals surface area contributed by atoms with Crippen molar-refractivity contribution in [1.82, 2.24) is 14.7 Å². The second kappa shape index (κ2) is 8.46. The number of rotatable bonds is 6. The van der Waals surface area contributed by atoms with Gasteiger partial charge in [-0.1, -0.05) is 0 Å². The first-order chi connectivity index (χ1) is 13.0. The van der Waals surface area contributed by atoms with Crippen molar-refractivity contribution in [2.75, 3.05) is 31.6 Å². The van der Waals surface area contributed by atoms with Crippen molar-refractivity contribution in [1.29, 1.82) is 0 Å². The lowest BCUT2D eigenvalue weighted by Crippen LogP contribution is -2.54. The quantitative estimate of drug-likeness (QED) is 0.784. The van der Waals surface area contributed by atoms with Gasteiger partial charge in [0.1, 0.15) is 5.75 Å². The summed E-state index contributed by atoms with van der Waals surface area (Å²) in [6, 6.07) is 10.4. The van der Waals surface area contributed by atoms with Crippen LogP contribution in [0.2, 0.25) is 0 Å². The Morgan fingerprint density at radius 2 is 1.96 bits per heavy atom. The number of aromatic nitrogens is 2. The van der Waals surface area contributed by atoms with Gasteiger partial charge in [-0.3, -0.25) is 9.48 Å². The molecule has 1 atom stereocenters. The Morgan fingerprint density at radius 1 is 1.22 bits per heavy atom. The van der Waals surface area contributed by atoms with Crippen LogP contribution < -0.4 is 9.64 Å². The number of nitrogens with zero attached hydrogens (tertiary/aromatic N) is 4. The molecule has 1 saturated heterocycles. The average molecular weight is 370 g/mol. The van der Waals surface area contributed by atoms with E-state index in [2.05, 4.69) is 42.0 Å². The first-order valence-corrected chi connectivity index (χ1v) is 9.67. The monoisotopic (exact) mass is 370 g/mol. The van der Waals surface area contributed by atoms with Crippen molar-refractivity contribution in [3.8, 4) is 5.75 Å². The van der Waals surface area contributed by atoms with Gasteiger partial charge in [0, 0.05) is 50.0 Å². The highest BCUT2D eigenvalue weighted by Gasteiger charge is 2.27. The topological polar surface area (TPSA) is 50.6 Å². The predicted octanol–water partition coefficient (Wildman–Crippen LogP) is 3.03. The van der Waals surface area contributed by atoms with Crippen LogP contribution in [0.4, 0.5) is 5.69 Å². The molecule has 146 valence electrons. The normalized spacial score (nSPS) is 17.3. The molecule has 1 aromatic heterocycles. The van der Waals surface area contributed by atoms with E-state index in [1.54, 1.807) is 7.11 Å². The summed E-state index contributed by atoms with van der Waals surface area (Å²) in [6.07, 6.45) is 1.40. The van der Waals surface area contributed by atoms with E-state index < -0.39 is 0 Å². The van der Waals surface area contributed by atoms with Crippen molar-refractivity contribution in [3.63, 3.8) is 0 Å². The molecule has 27 heavy (non-hydrogen) atoms. The molecule has 0 radical (unpaired) electrons. The van der Waals surface area contributed by atoms with Gasteiger partial charge in [0.25, 0.3) is 0 Å². The van der Waals surface area contributed by atoms with E-state index in [-0.39, 0.29) is 11.9 Å². The SMILES string of the molecule is COc1ccc(N2CCN(C(=O)CCCn3nc(C)cc3C)[C@H](C)C2)cc1. The Labute approximate surface area is 161 Å². The van der Waals surface area contributed by atoms with E-state index >= 15 is 0 Å². The van der Waals surface area contributed by atoms with Crippen molar-refractivity contribution < 1.29 is 9.53 Å². The molecule has 6 heteroatoms. The van der Waals surface area contributed by atoms with Gasteiger partial charge in [-0.15, -0.1) is 0 Å². The fourth-order valence-electron chi connectivity index (χ4n) is 3.78. The molecule has 1 aromatic carbocycles. The Hall–Kier alpha value is -2.50. The summed E-state index contributed by atoms with van der Waals surface area (Å²) in [7, 11) is 1.68. The largest absolute Gasteiger partial charge is 0.497 e. The molecule has 1 aliphatic heterocycles. The zero-order chi connectivity index (χ0) is 19.4. The molecule has 0 saturated carbocycles. The number of carbonyl (C=O) groups excluding carboxylic acids is 1. The van der Waals surface area contributed by atoms with Gasteiger partial charge in [0.15, 0.2) is 0 Å². The van der Waals surface area contributed by atoms with Crippen molar-refractivity contribution in [2.24, 2.45) is 0 Å². The number of ether oxygens (including phenoxy) is 1. The van der Waals surface area contributed by atoms with E-state index in [1.807, 2.05) is 28.6 Å².